The molecule has 0 fully saturated rings. The number of rotatable bonds is 3. The quantitative estimate of drug-likeness (QED) is 0.621. The molecule has 0 amide bonds. The van der Waals surface area contributed by atoms with Crippen LogP contribution in [0.3, 0.4) is 0 Å². The number of nitrogens with zero attached hydrogens (tertiary/aromatic N) is 1. The molecule has 0 saturated heterocycles. The van der Waals surface area contributed by atoms with Crippen LogP contribution in [-0.4, -0.2) is 13.4 Å². The molecular weight excluding hydrogens is 353 g/mol. The van der Waals surface area contributed by atoms with Gasteiger partial charge >= 0.3 is 0 Å². The highest BCUT2D eigenvalue weighted by Gasteiger charge is 2.19. The van der Waals surface area contributed by atoms with E-state index >= 15 is 0 Å². The molecule has 0 unspecified atom stereocenters. The van der Waals surface area contributed by atoms with E-state index in [1.54, 1.807) is 24.3 Å². The van der Waals surface area contributed by atoms with Crippen molar-refractivity contribution in [3.8, 4) is 0 Å². The molecule has 23 heavy (non-hydrogen) atoms. The normalized spacial score (nSPS) is 12.5. The number of benzene rings is 2. The topological polar surface area (TPSA) is 47.0 Å². The summed E-state index contributed by atoms with van der Waals surface area (Å²) in [4.78, 5) is 4.38. The van der Waals surface area contributed by atoms with E-state index in [-0.39, 0.29) is 14.4 Å². The molecule has 1 aromatic heterocycles. The van der Waals surface area contributed by atoms with Gasteiger partial charge in [0.1, 0.15) is 9.52 Å². The van der Waals surface area contributed by atoms with Gasteiger partial charge in [-0.05, 0) is 30.3 Å². The van der Waals surface area contributed by atoms with Crippen molar-refractivity contribution in [1.82, 2.24) is 4.98 Å². The minimum Gasteiger partial charge on any atom is -0.235 e. The highest BCUT2D eigenvalue weighted by atomic mass is 35.5. The first-order chi connectivity index (χ1) is 11.0. The van der Waals surface area contributed by atoms with E-state index in [4.69, 9.17) is 23.2 Å². The fourth-order valence-electron chi connectivity index (χ4n) is 2.12. The Hall–Kier alpha value is -1.88. The maximum Gasteiger partial charge on any atom is 0.217 e. The Labute approximate surface area is 144 Å². The van der Waals surface area contributed by atoms with Gasteiger partial charge in [-0.1, -0.05) is 59.6 Å². The summed E-state index contributed by atoms with van der Waals surface area (Å²) in [7, 11) is -3.77. The van der Waals surface area contributed by atoms with Crippen molar-refractivity contribution in [2.45, 2.75) is 4.90 Å². The third-order valence-electron chi connectivity index (χ3n) is 3.28. The summed E-state index contributed by atoms with van der Waals surface area (Å²) in [6.45, 7) is 0. The molecular formula is C17H11Cl2NO2S. The predicted molar refractivity (Wildman–Crippen MR) is 94.2 cm³/mol. The Morgan fingerprint density at radius 1 is 1.00 bits per heavy atom. The number of halogens is 2. The third kappa shape index (κ3) is 3.24. The second kappa shape index (κ2) is 6.32. The highest BCUT2D eigenvalue weighted by molar-refractivity contribution is 7.97. The van der Waals surface area contributed by atoms with Crippen molar-refractivity contribution < 1.29 is 8.42 Å². The van der Waals surface area contributed by atoms with Crippen molar-refractivity contribution >= 4 is 50.0 Å². The minimum atomic E-state index is -3.77. The van der Waals surface area contributed by atoms with Gasteiger partial charge in [-0.25, -0.2) is 13.4 Å². The summed E-state index contributed by atoms with van der Waals surface area (Å²) < 4.78 is 24.6. The molecule has 3 nitrogen and oxygen atoms in total. The van der Waals surface area contributed by atoms with Gasteiger partial charge in [-0.2, -0.15) is 0 Å². The maximum atomic E-state index is 12.4. The third-order valence-corrected chi connectivity index (χ3v) is 5.83. The van der Waals surface area contributed by atoms with Crippen LogP contribution in [0.2, 0.25) is 5.15 Å². The maximum absolute atomic E-state index is 12.4. The van der Waals surface area contributed by atoms with Gasteiger partial charge in [0.15, 0.2) is 0 Å². The Morgan fingerprint density at radius 2 is 1.65 bits per heavy atom. The zero-order valence-corrected chi connectivity index (χ0v) is 14.1. The fraction of sp³-hybridized carbons (Fsp3) is 0. The number of para-hydroxylation sites is 1. The van der Waals surface area contributed by atoms with E-state index in [0.717, 1.165) is 10.9 Å². The second-order valence-electron chi connectivity index (χ2n) is 4.83. The van der Waals surface area contributed by atoms with E-state index in [1.165, 1.54) is 18.2 Å². The number of hydrogen-bond donors (Lipinski definition) is 0. The predicted octanol–water partition coefficient (Wildman–Crippen LogP) is 4.90. The number of sulfone groups is 1. The number of aromatic nitrogens is 1. The second-order valence-corrected chi connectivity index (χ2v) is 7.73. The minimum absolute atomic E-state index is 0.131. The van der Waals surface area contributed by atoms with Crippen LogP contribution in [0.5, 0.6) is 0 Å². The van der Waals surface area contributed by atoms with Crippen LogP contribution in [-0.2, 0) is 9.84 Å². The van der Waals surface area contributed by atoms with E-state index in [2.05, 4.69) is 4.98 Å². The van der Waals surface area contributed by atoms with Crippen molar-refractivity contribution in [2.24, 2.45) is 0 Å². The molecule has 2 aromatic carbocycles. The number of pyridine rings is 1. The van der Waals surface area contributed by atoms with Gasteiger partial charge in [0.2, 0.25) is 9.84 Å². The van der Waals surface area contributed by atoms with Crippen LogP contribution >= 0.6 is 23.2 Å². The molecule has 1 heterocycles. The molecule has 116 valence electrons. The van der Waals surface area contributed by atoms with Crippen molar-refractivity contribution in [1.29, 1.82) is 0 Å². The van der Waals surface area contributed by atoms with Crippen molar-refractivity contribution in [3.05, 3.63) is 75.7 Å². The first-order valence-electron chi connectivity index (χ1n) is 6.71. The summed E-state index contributed by atoms with van der Waals surface area (Å²) in [6, 6.07) is 17.2. The summed E-state index contributed by atoms with van der Waals surface area (Å²) in [5.41, 5.74) is 1.19. The molecule has 0 aliphatic rings. The van der Waals surface area contributed by atoms with Gasteiger partial charge < -0.3 is 0 Å². The van der Waals surface area contributed by atoms with Gasteiger partial charge in [0, 0.05) is 10.9 Å². The van der Waals surface area contributed by atoms with Crippen molar-refractivity contribution in [3.63, 3.8) is 0 Å². The van der Waals surface area contributed by atoms with Gasteiger partial charge in [0.25, 0.3) is 0 Å². The van der Waals surface area contributed by atoms with Crippen LogP contribution in [0.1, 0.15) is 5.56 Å². The summed E-state index contributed by atoms with van der Waals surface area (Å²) in [5.74, 6) is 0. The van der Waals surface area contributed by atoms with Crippen LogP contribution in [0, 0.1) is 0 Å². The molecule has 0 aliphatic heterocycles. The fourth-order valence-corrected chi connectivity index (χ4v) is 3.73. The van der Waals surface area contributed by atoms with Crippen LogP contribution in [0.4, 0.5) is 0 Å². The summed E-state index contributed by atoms with van der Waals surface area (Å²) in [5, 5.41) is 1.05. The SMILES string of the molecule is O=S(=O)(/C(Cl)=C\c1cc2ccccc2nc1Cl)c1ccccc1. The number of hydrogen-bond acceptors (Lipinski definition) is 3. The lowest BCUT2D eigenvalue weighted by Gasteiger charge is -2.05. The monoisotopic (exact) mass is 363 g/mol. The van der Waals surface area contributed by atoms with Crippen LogP contribution in [0.25, 0.3) is 17.0 Å². The molecule has 3 aromatic rings. The zero-order valence-electron chi connectivity index (χ0n) is 11.8. The average Bonchev–Trinajstić information content (AvgIpc) is 2.56. The number of fused-ring (bicyclic) bond motifs is 1. The summed E-state index contributed by atoms with van der Waals surface area (Å²) in [6.07, 6.45) is 1.33. The molecule has 3 rings (SSSR count). The highest BCUT2D eigenvalue weighted by Crippen LogP contribution is 2.28. The van der Waals surface area contributed by atoms with Crippen molar-refractivity contribution in [2.75, 3.05) is 0 Å². The standard InChI is InChI=1S/C17H11Cl2NO2S/c18-16(23(21,22)14-7-2-1-3-8-14)11-13-10-12-6-4-5-9-15(12)20-17(13)19/h1-11H/b16-11-. The average molecular weight is 364 g/mol. The molecule has 0 aliphatic carbocycles. The first kappa shape index (κ1) is 16.0. The Kier molecular flexibility index (Phi) is 4.39. The van der Waals surface area contributed by atoms with Gasteiger partial charge in [0.05, 0.1) is 10.4 Å². The van der Waals surface area contributed by atoms with E-state index in [1.807, 2.05) is 24.3 Å². The lowest BCUT2D eigenvalue weighted by Crippen LogP contribution is -2.00. The van der Waals surface area contributed by atoms with Gasteiger partial charge in [-0.3, -0.25) is 0 Å². The molecule has 0 bridgehead atoms. The Bertz CT molecular complexity index is 1000. The molecule has 0 atom stereocenters. The zero-order chi connectivity index (χ0) is 16.4. The first-order valence-corrected chi connectivity index (χ1v) is 8.95. The lowest BCUT2D eigenvalue weighted by molar-refractivity contribution is 0.604. The molecule has 0 saturated carbocycles. The van der Waals surface area contributed by atoms with Crippen LogP contribution < -0.4 is 0 Å². The molecule has 6 heteroatoms. The molecule has 0 spiro atoms. The van der Waals surface area contributed by atoms with E-state index in [0.29, 0.717) is 5.56 Å². The molecule has 0 radical (unpaired) electrons. The molecule has 0 N–H and O–H groups in total. The summed E-state index contributed by atoms with van der Waals surface area (Å²) >= 11 is 12.2. The lowest BCUT2D eigenvalue weighted by atomic mass is 10.1. The van der Waals surface area contributed by atoms with Gasteiger partial charge in [-0.15, -0.1) is 0 Å². The Morgan fingerprint density at radius 3 is 2.39 bits per heavy atom. The van der Waals surface area contributed by atoms with E-state index in [9.17, 15) is 8.42 Å². The largest absolute Gasteiger partial charge is 0.235 e. The van der Waals surface area contributed by atoms with Crippen LogP contribution in [0.15, 0.2) is 69.9 Å². The van der Waals surface area contributed by atoms with E-state index < -0.39 is 9.84 Å². The smallest absolute Gasteiger partial charge is 0.217 e. The Balaban J connectivity index is 2.09.